The Balaban J connectivity index is 2.93. The van der Waals surface area contributed by atoms with Crippen molar-refractivity contribution in [1.29, 1.82) is 0 Å². The molecule has 0 aliphatic rings. The van der Waals surface area contributed by atoms with E-state index in [0.29, 0.717) is 13.0 Å². The van der Waals surface area contributed by atoms with Crippen molar-refractivity contribution in [2.24, 2.45) is 0 Å². The summed E-state index contributed by atoms with van der Waals surface area (Å²) in [5.41, 5.74) is 2.17. The average molecular weight is 210 g/mol. The number of ether oxygens (including phenoxy) is 2. The van der Waals surface area contributed by atoms with E-state index in [9.17, 15) is 5.11 Å². The van der Waals surface area contributed by atoms with Crippen LogP contribution in [-0.2, 0) is 17.8 Å². The topological polar surface area (TPSA) is 38.7 Å². The fourth-order valence-electron chi connectivity index (χ4n) is 1.53. The Kier molecular flexibility index (Phi) is 4.59. The molecule has 1 atom stereocenters. The van der Waals surface area contributed by atoms with E-state index in [1.54, 1.807) is 21.1 Å². The SMILES string of the molecule is COCc1ccc(OC)cc1CC(C)O. The van der Waals surface area contributed by atoms with Crippen LogP contribution in [0.2, 0.25) is 0 Å². The van der Waals surface area contributed by atoms with E-state index in [-0.39, 0.29) is 6.10 Å². The maximum atomic E-state index is 9.38. The van der Waals surface area contributed by atoms with Gasteiger partial charge >= 0.3 is 0 Å². The van der Waals surface area contributed by atoms with Crippen LogP contribution in [-0.4, -0.2) is 25.4 Å². The molecule has 0 aromatic heterocycles. The number of benzene rings is 1. The Morgan fingerprint density at radius 3 is 2.53 bits per heavy atom. The fourth-order valence-corrected chi connectivity index (χ4v) is 1.53. The van der Waals surface area contributed by atoms with E-state index in [2.05, 4.69) is 0 Å². The third-order valence-corrected chi connectivity index (χ3v) is 2.23. The lowest BCUT2D eigenvalue weighted by molar-refractivity contribution is 0.178. The molecule has 15 heavy (non-hydrogen) atoms. The summed E-state index contributed by atoms with van der Waals surface area (Å²) in [6.07, 6.45) is 0.267. The van der Waals surface area contributed by atoms with E-state index < -0.39 is 0 Å². The Bertz CT molecular complexity index is 308. The molecule has 1 aromatic rings. The molecular formula is C12H18O3. The molecule has 3 nitrogen and oxygen atoms in total. The molecule has 0 saturated heterocycles. The Morgan fingerprint density at radius 1 is 1.27 bits per heavy atom. The van der Waals surface area contributed by atoms with Gasteiger partial charge in [-0.25, -0.2) is 0 Å². The molecule has 0 aliphatic carbocycles. The van der Waals surface area contributed by atoms with Crippen molar-refractivity contribution in [2.45, 2.75) is 26.1 Å². The molecule has 84 valence electrons. The van der Waals surface area contributed by atoms with Crippen LogP contribution in [0.4, 0.5) is 0 Å². The first-order valence-corrected chi connectivity index (χ1v) is 5.00. The van der Waals surface area contributed by atoms with Gasteiger partial charge in [0.15, 0.2) is 0 Å². The largest absolute Gasteiger partial charge is 0.497 e. The van der Waals surface area contributed by atoms with Crippen molar-refractivity contribution in [3.63, 3.8) is 0 Å². The minimum absolute atomic E-state index is 0.354. The van der Waals surface area contributed by atoms with Crippen LogP contribution >= 0.6 is 0 Å². The molecule has 0 radical (unpaired) electrons. The molecule has 1 rings (SSSR count). The number of aliphatic hydroxyl groups excluding tert-OH is 1. The fraction of sp³-hybridized carbons (Fsp3) is 0.500. The first-order chi connectivity index (χ1) is 7.17. The molecule has 0 bridgehead atoms. The highest BCUT2D eigenvalue weighted by Gasteiger charge is 2.07. The molecule has 0 fully saturated rings. The van der Waals surface area contributed by atoms with Crippen LogP contribution in [0.1, 0.15) is 18.1 Å². The predicted octanol–water partition coefficient (Wildman–Crippen LogP) is 1.76. The van der Waals surface area contributed by atoms with Crippen molar-refractivity contribution in [2.75, 3.05) is 14.2 Å². The van der Waals surface area contributed by atoms with Gasteiger partial charge in [0.05, 0.1) is 19.8 Å². The summed E-state index contributed by atoms with van der Waals surface area (Å²) in [4.78, 5) is 0. The lowest BCUT2D eigenvalue weighted by Crippen LogP contribution is -2.07. The molecule has 3 heteroatoms. The molecule has 0 heterocycles. The highest BCUT2D eigenvalue weighted by molar-refractivity contribution is 5.35. The van der Waals surface area contributed by atoms with Crippen LogP contribution in [0.15, 0.2) is 18.2 Å². The number of hydrogen-bond acceptors (Lipinski definition) is 3. The smallest absolute Gasteiger partial charge is 0.119 e. The van der Waals surface area contributed by atoms with Crippen LogP contribution in [0.3, 0.4) is 0 Å². The van der Waals surface area contributed by atoms with Crippen molar-refractivity contribution < 1.29 is 14.6 Å². The number of hydrogen-bond donors (Lipinski definition) is 1. The summed E-state index contributed by atoms with van der Waals surface area (Å²) in [5.74, 6) is 0.811. The van der Waals surface area contributed by atoms with E-state index in [1.807, 2.05) is 18.2 Å². The molecule has 0 saturated carbocycles. The predicted molar refractivity (Wildman–Crippen MR) is 59.1 cm³/mol. The molecule has 0 spiro atoms. The van der Waals surface area contributed by atoms with Gasteiger partial charge in [0.25, 0.3) is 0 Å². The zero-order valence-corrected chi connectivity index (χ0v) is 9.49. The zero-order chi connectivity index (χ0) is 11.3. The Morgan fingerprint density at radius 2 is 2.00 bits per heavy atom. The van der Waals surface area contributed by atoms with Gasteiger partial charge in [-0.3, -0.25) is 0 Å². The minimum atomic E-state index is -0.354. The Hall–Kier alpha value is -1.06. The van der Waals surface area contributed by atoms with Crippen LogP contribution < -0.4 is 4.74 Å². The van der Waals surface area contributed by atoms with Gasteiger partial charge in [-0.05, 0) is 36.6 Å². The van der Waals surface area contributed by atoms with Gasteiger partial charge in [0.1, 0.15) is 5.75 Å². The maximum Gasteiger partial charge on any atom is 0.119 e. The standard InChI is InChI=1S/C12H18O3/c1-9(13)6-11-7-12(15-3)5-4-10(11)8-14-2/h4-5,7,9,13H,6,8H2,1-3H3. The maximum absolute atomic E-state index is 9.38. The summed E-state index contributed by atoms with van der Waals surface area (Å²) in [6, 6.07) is 5.82. The normalized spacial score (nSPS) is 12.5. The van der Waals surface area contributed by atoms with Gasteiger partial charge in [-0.15, -0.1) is 0 Å². The minimum Gasteiger partial charge on any atom is -0.497 e. The first-order valence-electron chi connectivity index (χ1n) is 5.00. The molecule has 0 aliphatic heterocycles. The summed E-state index contributed by atoms with van der Waals surface area (Å²) < 4.78 is 10.2. The highest BCUT2D eigenvalue weighted by Crippen LogP contribution is 2.19. The van der Waals surface area contributed by atoms with Crippen LogP contribution in [0.25, 0.3) is 0 Å². The van der Waals surface area contributed by atoms with E-state index in [1.165, 1.54) is 0 Å². The van der Waals surface area contributed by atoms with Crippen LogP contribution in [0.5, 0.6) is 5.75 Å². The summed E-state index contributed by atoms with van der Waals surface area (Å²) in [5, 5.41) is 9.38. The second kappa shape index (κ2) is 5.73. The number of aliphatic hydroxyl groups is 1. The van der Waals surface area contributed by atoms with E-state index in [4.69, 9.17) is 9.47 Å². The summed E-state index contributed by atoms with van der Waals surface area (Å²) in [7, 11) is 3.30. The van der Waals surface area contributed by atoms with E-state index >= 15 is 0 Å². The van der Waals surface area contributed by atoms with Gasteiger partial charge in [0.2, 0.25) is 0 Å². The monoisotopic (exact) mass is 210 g/mol. The van der Waals surface area contributed by atoms with Gasteiger partial charge in [0, 0.05) is 7.11 Å². The second-order valence-electron chi connectivity index (χ2n) is 3.62. The van der Waals surface area contributed by atoms with Gasteiger partial charge < -0.3 is 14.6 Å². The first kappa shape index (κ1) is 12.0. The lowest BCUT2D eigenvalue weighted by Gasteiger charge is -2.12. The van der Waals surface area contributed by atoms with Crippen molar-refractivity contribution >= 4 is 0 Å². The number of methoxy groups -OCH3 is 2. The second-order valence-corrected chi connectivity index (χ2v) is 3.62. The van der Waals surface area contributed by atoms with Crippen molar-refractivity contribution in [3.05, 3.63) is 29.3 Å². The summed E-state index contributed by atoms with van der Waals surface area (Å²) >= 11 is 0. The molecule has 0 amide bonds. The van der Waals surface area contributed by atoms with Crippen molar-refractivity contribution in [3.8, 4) is 5.75 Å². The lowest BCUT2D eigenvalue weighted by atomic mass is 10.0. The van der Waals surface area contributed by atoms with Gasteiger partial charge in [-0.1, -0.05) is 6.07 Å². The average Bonchev–Trinajstić information content (AvgIpc) is 2.20. The van der Waals surface area contributed by atoms with Crippen molar-refractivity contribution in [1.82, 2.24) is 0 Å². The number of rotatable bonds is 5. The zero-order valence-electron chi connectivity index (χ0n) is 9.49. The summed E-state index contributed by atoms with van der Waals surface area (Å²) in [6.45, 7) is 2.34. The Labute approximate surface area is 90.6 Å². The molecule has 1 aromatic carbocycles. The van der Waals surface area contributed by atoms with Crippen LogP contribution in [0, 0.1) is 0 Å². The molecule has 1 N–H and O–H groups in total. The molecular weight excluding hydrogens is 192 g/mol. The molecule has 1 unspecified atom stereocenters. The van der Waals surface area contributed by atoms with Gasteiger partial charge in [-0.2, -0.15) is 0 Å². The third kappa shape index (κ3) is 3.53. The van der Waals surface area contributed by atoms with E-state index in [0.717, 1.165) is 16.9 Å². The third-order valence-electron chi connectivity index (χ3n) is 2.23. The highest BCUT2D eigenvalue weighted by atomic mass is 16.5. The quantitative estimate of drug-likeness (QED) is 0.805.